The van der Waals surface area contributed by atoms with Crippen LogP contribution in [-0.4, -0.2) is 18.5 Å². The number of nitrogens with one attached hydrogen (secondary N) is 1. The minimum absolute atomic E-state index is 0.0694. The van der Waals surface area contributed by atoms with Crippen LogP contribution in [0.1, 0.15) is 27.2 Å². The van der Waals surface area contributed by atoms with Gasteiger partial charge in [-0.05, 0) is 18.9 Å². The van der Waals surface area contributed by atoms with Crippen LogP contribution in [0.25, 0.3) is 0 Å². The maximum atomic E-state index is 10.5. The number of carbonyl (C=O) groups excluding carboxylic acids is 1. The molecule has 2 atom stereocenters. The first-order valence-electron chi connectivity index (χ1n) is 4.23. The van der Waals surface area contributed by atoms with Gasteiger partial charge in [-0.2, -0.15) is 0 Å². The smallest absolute Gasteiger partial charge is 0.234 e. The summed E-state index contributed by atoms with van der Waals surface area (Å²) in [5, 5.41) is 3.03. The molecule has 1 fully saturated rings. The molecule has 3 nitrogen and oxygen atoms in total. The van der Waals surface area contributed by atoms with Crippen LogP contribution in [0.15, 0.2) is 0 Å². The number of hydrogen-bond donors (Lipinski definition) is 2. The zero-order chi connectivity index (χ0) is 8.85. The number of rotatable bonds is 1. The van der Waals surface area contributed by atoms with E-state index < -0.39 is 0 Å². The van der Waals surface area contributed by atoms with Crippen LogP contribution in [0.5, 0.6) is 0 Å². The highest BCUT2D eigenvalue weighted by Gasteiger charge is 2.24. The Labute approximate surface area is 68.3 Å². The van der Waals surface area contributed by atoms with Crippen molar-refractivity contribution in [2.75, 3.05) is 6.54 Å². The minimum Gasteiger partial charge on any atom is -0.368 e. The van der Waals surface area contributed by atoms with E-state index >= 15 is 0 Å². The first-order chi connectivity index (χ1) is 5.20. The number of nitrogens with two attached hydrogens (primary N) is 1. The van der Waals surface area contributed by atoms with Gasteiger partial charge in [0.1, 0.15) is 0 Å². The average molecular weight is 158 g/mol. The lowest BCUT2D eigenvalue weighted by atomic mass is 10.1. The maximum absolute atomic E-state index is 10.5. The summed E-state index contributed by atoms with van der Waals surface area (Å²) >= 11 is 0. The Morgan fingerprint density at radius 1 is 1.55 bits per heavy atom. The maximum Gasteiger partial charge on any atom is 0.234 e. The molecule has 1 amide bonds. The van der Waals surface area contributed by atoms with Crippen molar-refractivity contribution in [3.63, 3.8) is 0 Å². The molecule has 0 aromatic heterocycles. The third-order valence-electron chi connectivity index (χ3n) is 1.69. The van der Waals surface area contributed by atoms with E-state index in [1.165, 1.54) is 0 Å². The molecule has 1 saturated heterocycles. The number of hydrogen-bond acceptors (Lipinski definition) is 2. The molecule has 0 aliphatic carbocycles. The van der Waals surface area contributed by atoms with Gasteiger partial charge >= 0.3 is 0 Å². The van der Waals surface area contributed by atoms with Crippen molar-refractivity contribution in [2.45, 2.75) is 33.2 Å². The molecule has 0 aromatic carbocycles. The van der Waals surface area contributed by atoms with Gasteiger partial charge in [0.15, 0.2) is 0 Å². The van der Waals surface area contributed by atoms with Gasteiger partial charge in [0.05, 0.1) is 6.04 Å². The molecule has 3 N–H and O–H groups in total. The summed E-state index contributed by atoms with van der Waals surface area (Å²) in [6.45, 7) is 7.03. The fourth-order valence-corrected chi connectivity index (χ4v) is 1.13. The molecule has 66 valence electrons. The fraction of sp³-hybridized carbons (Fsp3) is 0.875. The second-order valence-corrected chi connectivity index (χ2v) is 2.70. The van der Waals surface area contributed by atoms with E-state index in [0.717, 1.165) is 13.0 Å². The van der Waals surface area contributed by atoms with Crippen LogP contribution in [0.4, 0.5) is 0 Å². The van der Waals surface area contributed by atoms with Gasteiger partial charge in [0.25, 0.3) is 0 Å². The topological polar surface area (TPSA) is 55.1 Å². The molecule has 1 heterocycles. The van der Waals surface area contributed by atoms with E-state index in [9.17, 15) is 4.79 Å². The Kier molecular flexibility index (Phi) is 4.86. The Balaban J connectivity index is 0.000000461. The van der Waals surface area contributed by atoms with E-state index in [1.54, 1.807) is 0 Å². The van der Waals surface area contributed by atoms with Crippen molar-refractivity contribution in [3.8, 4) is 0 Å². The standard InChI is InChI=1S/C6H12N2O.C2H6/c1-4-2-5(6(7)9)8-3-4;1-2/h4-5,8H,2-3H2,1H3,(H2,7,9);1-2H3. The van der Waals surface area contributed by atoms with Crippen LogP contribution in [-0.2, 0) is 4.79 Å². The number of amides is 1. The van der Waals surface area contributed by atoms with Crippen molar-refractivity contribution in [1.29, 1.82) is 0 Å². The summed E-state index contributed by atoms with van der Waals surface area (Å²) in [5.41, 5.74) is 5.06. The van der Waals surface area contributed by atoms with Crippen LogP contribution in [0, 0.1) is 5.92 Å². The summed E-state index contributed by atoms with van der Waals surface area (Å²) in [6, 6.07) is -0.0694. The Hall–Kier alpha value is -0.570. The highest BCUT2D eigenvalue weighted by atomic mass is 16.1. The molecule has 0 radical (unpaired) electrons. The zero-order valence-electron chi connectivity index (χ0n) is 7.55. The third-order valence-corrected chi connectivity index (χ3v) is 1.69. The summed E-state index contributed by atoms with van der Waals surface area (Å²) in [4.78, 5) is 10.5. The predicted molar refractivity (Wildman–Crippen MR) is 46.1 cm³/mol. The number of carbonyl (C=O) groups is 1. The minimum atomic E-state index is -0.223. The lowest BCUT2D eigenvalue weighted by molar-refractivity contribution is -0.119. The molecular weight excluding hydrogens is 140 g/mol. The lowest BCUT2D eigenvalue weighted by Crippen LogP contribution is -2.36. The van der Waals surface area contributed by atoms with E-state index in [-0.39, 0.29) is 11.9 Å². The van der Waals surface area contributed by atoms with Crippen molar-refractivity contribution in [3.05, 3.63) is 0 Å². The van der Waals surface area contributed by atoms with Gasteiger partial charge in [-0.3, -0.25) is 4.79 Å². The normalized spacial score (nSPS) is 29.0. The molecule has 3 heteroatoms. The van der Waals surface area contributed by atoms with E-state index in [2.05, 4.69) is 12.2 Å². The van der Waals surface area contributed by atoms with Crippen LogP contribution in [0.2, 0.25) is 0 Å². The molecule has 0 aromatic rings. The van der Waals surface area contributed by atoms with Gasteiger partial charge in [-0.25, -0.2) is 0 Å². The largest absolute Gasteiger partial charge is 0.368 e. The third kappa shape index (κ3) is 3.37. The van der Waals surface area contributed by atoms with Crippen LogP contribution >= 0.6 is 0 Å². The molecule has 11 heavy (non-hydrogen) atoms. The van der Waals surface area contributed by atoms with E-state index in [0.29, 0.717) is 5.92 Å². The van der Waals surface area contributed by atoms with Gasteiger partial charge in [0.2, 0.25) is 5.91 Å². The summed E-state index contributed by atoms with van der Waals surface area (Å²) in [5.74, 6) is 0.377. The van der Waals surface area contributed by atoms with Gasteiger partial charge < -0.3 is 11.1 Å². The molecule has 2 unspecified atom stereocenters. The van der Waals surface area contributed by atoms with Crippen molar-refractivity contribution >= 4 is 5.91 Å². The average Bonchev–Trinajstić information content (AvgIpc) is 2.40. The van der Waals surface area contributed by atoms with Crippen LogP contribution in [0.3, 0.4) is 0 Å². The van der Waals surface area contributed by atoms with Crippen LogP contribution < -0.4 is 11.1 Å². The first-order valence-corrected chi connectivity index (χ1v) is 4.23. The molecule has 0 saturated carbocycles. The predicted octanol–water partition coefficient (Wildman–Crippen LogP) is 0.496. The van der Waals surface area contributed by atoms with Gasteiger partial charge in [-0.15, -0.1) is 0 Å². The quantitative estimate of drug-likeness (QED) is 0.583. The Morgan fingerprint density at radius 2 is 2.09 bits per heavy atom. The van der Waals surface area contributed by atoms with Gasteiger partial charge in [-0.1, -0.05) is 20.8 Å². The van der Waals surface area contributed by atoms with Crippen molar-refractivity contribution in [2.24, 2.45) is 11.7 Å². The molecule has 1 aliphatic heterocycles. The highest BCUT2D eigenvalue weighted by molar-refractivity contribution is 5.80. The SMILES string of the molecule is CC.CC1CNC(C(N)=O)C1. The van der Waals surface area contributed by atoms with E-state index in [1.807, 2.05) is 13.8 Å². The second kappa shape index (κ2) is 5.13. The van der Waals surface area contributed by atoms with Crippen molar-refractivity contribution < 1.29 is 4.79 Å². The van der Waals surface area contributed by atoms with E-state index in [4.69, 9.17) is 5.73 Å². The molecular formula is C8H18N2O. The number of primary amides is 1. The molecule has 0 spiro atoms. The lowest BCUT2D eigenvalue weighted by Gasteiger charge is -2.01. The Bertz CT molecular complexity index is 125. The van der Waals surface area contributed by atoms with Crippen molar-refractivity contribution in [1.82, 2.24) is 5.32 Å². The fourth-order valence-electron chi connectivity index (χ4n) is 1.13. The summed E-state index contributed by atoms with van der Waals surface area (Å²) in [6.07, 6.45) is 0.898. The zero-order valence-corrected chi connectivity index (χ0v) is 7.55. The summed E-state index contributed by atoms with van der Waals surface area (Å²) < 4.78 is 0. The Morgan fingerprint density at radius 3 is 2.27 bits per heavy atom. The van der Waals surface area contributed by atoms with Gasteiger partial charge in [0, 0.05) is 0 Å². The summed E-state index contributed by atoms with van der Waals surface area (Å²) in [7, 11) is 0. The monoisotopic (exact) mass is 158 g/mol. The highest BCUT2D eigenvalue weighted by Crippen LogP contribution is 2.11. The molecule has 0 bridgehead atoms. The molecule has 1 rings (SSSR count). The second-order valence-electron chi connectivity index (χ2n) is 2.70. The first kappa shape index (κ1) is 10.4. The molecule has 1 aliphatic rings.